The zero-order valence-corrected chi connectivity index (χ0v) is 28.0. The predicted molar refractivity (Wildman–Crippen MR) is 159 cm³/mol. The lowest BCUT2D eigenvalue weighted by atomic mass is 10.1. The van der Waals surface area contributed by atoms with Crippen LogP contribution in [0.2, 0.25) is 22.2 Å². The fourth-order valence-corrected chi connectivity index (χ4v) is 18.1. The largest absolute Gasteiger partial charge is 0.414 e. The maximum atomic E-state index is 12.5. The summed E-state index contributed by atoms with van der Waals surface area (Å²) in [5.41, 5.74) is -0.681. The quantitative estimate of drug-likeness (QED) is 0.147. The van der Waals surface area contributed by atoms with Gasteiger partial charge in [-0.15, -0.1) is 0 Å². The molecule has 2 fully saturated rings. The molecule has 1 saturated heterocycles. The van der Waals surface area contributed by atoms with Gasteiger partial charge in [0, 0.05) is 18.6 Å². The van der Waals surface area contributed by atoms with E-state index in [-0.39, 0.29) is 40.4 Å². The predicted octanol–water partition coefficient (Wildman–Crippen LogP) is 5.60. The van der Waals surface area contributed by atoms with E-state index in [0.717, 1.165) is 18.4 Å². The summed E-state index contributed by atoms with van der Waals surface area (Å²) in [6.45, 7) is 16.9. The third-order valence-electron chi connectivity index (χ3n) is 8.14. The first-order valence-electron chi connectivity index (χ1n) is 13.9. The molecule has 1 aliphatic heterocycles. The first kappa shape index (κ1) is 33.5. The number of hydrogen-bond acceptors (Lipinski definition) is 11. The van der Waals surface area contributed by atoms with E-state index in [1.807, 2.05) is 0 Å². The minimum Gasteiger partial charge on any atom is -0.414 e. The summed E-state index contributed by atoms with van der Waals surface area (Å²) < 4.78 is 51.7. The Bertz CT molecular complexity index is 1230. The van der Waals surface area contributed by atoms with Gasteiger partial charge in [-0.3, -0.25) is 24.4 Å². The molecule has 41 heavy (non-hydrogen) atoms. The molecular weight excluding hydrogens is 591 g/mol. The maximum Gasteiger partial charge on any atom is 0.335 e. The zero-order chi connectivity index (χ0) is 31.1. The number of benzene rings is 1. The second kappa shape index (κ2) is 12.3. The van der Waals surface area contributed by atoms with Gasteiger partial charge in [0.2, 0.25) is 0 Å². The number of non-ortho nitro benzene ring substituents is 1. The number of nitrogens with one attached hydrogen (secondary N) is 1. The van der Waals surface area contributed by atoms with E-state index >= 15 is 0 Å². The minimum atomic E-state index is -3.98. The fraction of sp³-hybridized carbons (Fsp3) is 0.760. The van der Waals surface area contributed by atoms with Crippen molar-refractivity contribution in [2.75, 3.05) is 18.2 Å². The number of hydrogen-bond donors (Lipinski definition) is 1. The molecule has 1 N–H and O–H groups in total. The summed E-state index contributed by atoms with van der Waals surface area (Å²) in [5, 5.41) is 26.1. The second-order valence-corrected chi connectivity index (χ2v) is 22.7. The van der Waals surface area contributed by atoms with Crippen LogP contribution >= 0.6 is 0 Å². The van der Waals surface area contributed by atoms with Crippen LogP contribution in [0.25, 0.3) is 0 Å². The average Bonchev–Trinajstić information content (AvgIpc) is 3.11. The van der Waals surface area contributed by atoms with Crippen LogP contribution in [0.4, 0.5) is 17.1 Å². The Morgan fingerprint density at radius 1 is 0.951 bits per heavy atom. The fourth-order valence-electron chi connectivity index (χ4n) is 6.15. The van der Waals surface area contributed by atoms with Gasteiger partial charge in [0.25, 0.3) is 21.5 Å². The Morgan fingerprint density at radius 2 is 1.51 bits per heavy atom. The van der Waals surface area contributed by atoms with Gasteiger partial charge in [-0.2, -0.15) is 8.42 Å². The average molecular weight is 634 g/mol. The summed E-state index contributed by atoms with van der Waals surface area (Å²) in [4.78, 5) is 21.6. The molecule has 2 aliphatic rings. The molecule has 0 aromatic heterocycles. The molecule has 0 radical (unpaired) electrons. The Hall–Kier alpha value is -1.96. The van der Waals surface area contributed by atoms with Crippen LogP contribution in [0.3, 0.4) is 0 Å². The molecule has 0 amide bonds. The number of nitrogens with zero attached hydrogens (tertiary/aromatic N) is 2. The Kier molecular flexibility index (Phi) is 10.1. The number of nitro benzene ring substituents is 2. The second-order valence-electron chi connectivity index (χ2n) is 12.3. The van der Waals surface area contributed by atoms with Gasteiger partial charge in [-0.1, -0.05) is 55.4 Å². The molecule has 3 rings (SSSR count). The van der Waals surface area contributed by atoms with E-state index in [1.54, 1.807) is 0 Å². The SMILES string of the molecule is CC(C)[Si]1(C(C)C)OC[C@H]2CC(Nc3ccc([N+](=O)[O-])cc3[N+](=O)[O-])[C@@H](OS(C)(=O)=O)[C@@H]2O[Si](C(C)C)(C(C)C)O1. The molecule has 232 valence electrons. The molecule has 1 aliphatic carbocycles. The third-order valence-corrected chi connectivity index (χ3v) is 19.0. The third kappa shape index (κ3) is 6.83. The summed E-state index contributed by atoms with van der Waals surface area (Å²) in [6.07, 6.45) is -0.497. The molecule has 1 saturated carbocycles. The van der Waals surface area contributed by atoms with Crippen LogP contribution in [0.5, 0.6) is 0 Å². The number of rotatable bonds is 10. The van der Waals surface area contributed by atoms with E-state index in [4.69, 9.17) is 17.2 Å². The van der Waals surface area contributed by atoms with Crippen LogP contribution < -0.4 is 5.32 Å². The van der Waals surface area contributed by atoms with Crippen molar-refractivity contribution in [2.24, 2.45) is 5.92 Å². The van der Waals surface area contributed by atoms with E-state index in [9.17, 15) is 28.6 Å². The lowest BCUT2D eigenvalue weighted by molar-refractivity contribution is -0.393. The van der Waals surface area contributed by atoms with E-state index in [1.165, 1.54) is 6.07 Å². The van der Waals surface area contributed by atoms with Gasteiger partial charge in [-0.05, 0) is 34.7 Å². The molecule has 0 bridgehead atoms. The highest BCUT2D eigenvalue weighted by Gasteiger charge is 2.61. The van der Waals surface area contributed by atoms with Gasteiger partial charge in [0.05, 0.1) is 34.3 Å². The van der Waals surface area contributed by atoms with Gasteiger partial charge in [0.15, 0.2) is 0 Å². The van der Waals surface area contributed by atoms with Crippen LogP contribution in [0.15, 0.2) is 18.2 Å². The molecule has 1 aromatic rings. The number of anilines is 1. The molecule has 0 spiro atoms. The summed E-state index contributed by atoms with van der Waals surface area (Å²) in [6, 6.07) is 2.56. The van der Waals surface area contributed by atoms with Crippen molar-refractivity contribution in [3.63, 3.8) is 0 Å². The summed E-state index contributed by atoms with van der Waals surface area (Å²) >= 11 is 0. The molecule has 16 heteroatoms. The monoisotopic (exact) mass is 633 g/mol. The first-order valence-corrected chi connectivity index (χ1v) is 19.7. The van der Waals surface area contributed by atoms with Crippen molar-refractivity contribution < 1.29 is 35.4 Å². The Morgan fingerprint density at radius 3 is 1.98 bits per heavy atom. The molecular formula is C25H43N3O10SSi2. The molecule has 1 aromatic carbocycles. The molecule has 13 nitrogen and oxygen atoms in total. The van der Waals surface area contributed by atoms with Crippen LogP contribution in [0, 0.1) is 26.1 Å². The first-order chi connectivity index (χ1) is 18.8. The van der Waals surface area contributed by atoms with Crippen molar-refractivity contribution in [1.82, 2.24) is 0 Å². The Balaban J connectivity index is 2.14. The van der Waals surface area contributed by atoms with E-state index in [2.05, 4.69) is 60.7 Å². The van der Waals surface area contributed by atoms with Gasteiger partial charge in [-0.25, -0.2) is 0 Å². The van der Waals surface area contributed by atoms with Crippen LogP contribution in [-0.4, -0.2) is 66.5 Å². The topological polar surface area (TPSA) is 169 Å². The van der Waals surface area contributed by atoms with Crippen LogP contribution in [0.1, 0.15) is 61.8 Å². The van der Waals surface area contributed by atoms with Crippen molar-refractivity contribution in [1.29, 1.82) is 0 Å². The van der Waals surface area contributed by atoms with E-state index < -0.39 is 66.7 Å². The maximum absolute atomic E-state index is 12.5. The smallest absolute Gasteiger partial charge is 0.335 e. The lowest BCUT2D eigenvalue weighted by Crippen LogP contribution is -2.65. The van der Waals surface area contributed by atoms with E-state index in [0.29, 0.717) is 6.42 Å². The lowest BCUT2D eigenvalue weighted by Gasteiger charge is -2.51. The van der Waals surface area contributed by atoms with Crippen LogP contribution in [-0.2, 0) is 27.3 Å². The standard InChI is InChI=1S/C25H43N3O10SSi2/c1-15(2)40(16(3)4)35-14-19-12-22(26-21-11-10-20(27(29)30)13-23(21)28(31)32)25(36-39(9,33)34)24(19)37-41(38-40,17(5)6)18(7)8/h10-11,13,15-19,22,24-26H,12,14H2,1-9H3/t19-,22?,24-,25-/m1/s1. The number of nitro groups is 2. The van der Waals surface area contributed by atoms with Crippen molar-refractivity contribution >= 4 is 44.3 Å². The van der Waals surface area contributed by atoms with Crippen molar-refractivity contribution in [3.05, 3.63) is 38.4 Å². The van der Waals surface area contributed by atoms with Crippen molar-refractivity contribution in [3.8, 4) is 0 Å². The highest BCUT2D eigenvalue weighted by atomic mass is 32.2. The zero-order valence-electron chi connectivity index (χ0n) is 25.2. The summed E-state index contributed by atoms with van der Waals surface area (Å²) in [7, 11) is -9.92. The molecule has 1 heterocycles. The number of fused-ring (bicyclic) bond motifs is 1. The van der Waals surface area contributed by atoms with Crippen molar-refractivity contribution in [2.45, 2.75) is 102 Å². The normalized spacial score (nSPS) is 26.2. The highest BCUT2D eigenvalue weighted by Crippen LogP contribution is 2.49. The van der Waals surface area contributed by atoms with Gasteiger partial charge in [0.1, 0.15) is 11.8 Å². The van der Waals surface area contributed by atoms with Gasteiger partial charge >= 0.3 is 17.1 Å². The highest BCUT2D eigenvalue weighted by molar-refractivity contribution is 7.86. The molecule has 4 atom stereocenters. The van der Waals surface area contributed by atoms with Gasteiger partial charge < -0.3 is 18.3 Å². The minimum absolute atomic E-state index is 0.00382. The Labute approximate surface area is 244 Å². The summed E-state index contributed by atoms with van der Waals surface area (Å²) in [5.74, 6) is -0.297. The molecule has 1 unspecified atom stereocenters.